The van der Waals surface area contributed by atoms with Gasteiger partial charge < -0.3 is 5.11 Å². The highest BCUT2D eigenvalue weighted by Crippen LogP contribution is 2.35. The average molecular weight is 303 g/mol. The highest BCUT2D eigenvalue weighted by atomic mass is 35.5. The summed E-state index contributed by atoms with van der Waals surface area (Å²) < 4.78 is 27.3. The molecule has 0 aliphatic rings. The molecule has 0 aliphatic heterocycles. The minimum absolute atomic E-state index is 0.160. The molecule has 2 rings (SSSR count). The van der Waals surface area contributed by atoms with Gasteiger partial charge in [-0.25, -0.2) is 8.78 Å². The first-order chi connectivity index (χ1) is 8.91. The molecule has 1 N–H and O–H groups in total. The van der Waals surface area contributed by atoms with Crippen LogP contribution in [0.3, 0.4) is 0 Å². The van der Waals surface area contributed by atoms with Gasteiger partial charge in [0, 0.05) is 21.2 Å². The monoisotopic (exact) mass is 302 g/mol. The van der Waals surface area contributed by atoms with Gasteiger partial charge in [-0.3, -0.25) is 0 Å². The summed E-state index contributed by atoms with van der Waals surface area (Å²) >= 11 is 11.9. The van der Waals surface area contributed by atoms with Gasteiger partial charge in [0.2, 0.25) is 0 Å². The Morgan fingerprint density at radius 3 is 2.21 bits per heavy atom. The molecule has 0 bridgehead atoms. The maximum absolute atomic E-state index is 13.8. The lowest BCUT2D eigenvalue weighted by atomic mass is 9.99. The molecule has 0 spiro atoms. The van der Waals surface area contributed by atoms with Crippen LogP contribution in [-0.4, -0.2) is 5.11 Å². The predicted molar refractivity (Wildman–Crippen MR) is 71.6 cm³/mol. The zero-order valence-corrected chi connectivity index (χ0v) is 11.4. The predicted octanol–water partition coefficient (Wildman–Crippen LogP) is 4.66. The SMILES string of the molecule is Cc1cc(F)c(C(O)c2c(Cl)cccc2Cl)cc1F. The van der Waals surface area contributed by atoms with E-state index in [0.29, 0.717) is 0 Å². The molecule has 1 unspecified atom stereocenters. The number of aliphatic hydroxyl groups excluding tert-OH is 1. The lowest BCUT2D eigenvalue weighted by molar-refractivity contribution is 0.214. The molecule has 5 heteroatoms. The fraction of sp³-hybridized carbons (Fsp3) is 0.143. The Hall–Kier alpha value is -1.16. The summed E-state index contributed by atoms with van der Waals surface area (Å²) in [6, 6.07) is 6.63. The molecule has 0 heterocycles. The zero-order valence-electron chi connectivity index (χ0n) is 9.92. The van der Waals surface area contributed by atoms with E-state index in [4.69, 9.17) is 23.2 Å². The third-order valence-corrected chi connectivity index (χ3v) is 3.50. The van der Waals surface area contributed by atoms with Gasteiger partial charge in [-0.15, -0.1) is 0 Å². The number of hydrogen-bond acceptors (Lipinski definition) is 1. The van der Waals surface area contributed by atoms with E-state index in [1.54, 1.807) is 6.07 Å². The Balaban J connectivity index is 2.56. The molecule has 0 aliphatic carbocycles. The van der Waals surface area contributed by atoms with Crippen LogP contribution < -0.4 is 0 Å². The molecule has 0 saturated carbocycles. The molecule has 0 fully saturated rings. The van der Waals surface area contributed by atoms with Crippen LogP contribution in [0.25, 0.3) is 0 Å². The van der Waals surface area contributed by atoms with Crippen molar-refractivity contribution >= 4 is 23.2 Å². The van der Waals surface area contributed by atoms with Crippen molar-refractivity contribution in [2.75, 3.05) is 0 Å². The summed E-state index contributed by atoms with van der Waals surface area (Å²) in [6.45, 7) is 1.44. The largest absolute Gasteiger partial charge is 0.383 e. The van der Waals surface area contributed by atoms with Gasteiger partial charge in [0.05, 0.1) is 0 Å². The highest BCUT2D eigenvalue weighted by Gasteiger charge is 2.21. The lowest BCUT2D eigenvalue weighted by Gasteiger charge is -2.16. The molecule has 0 amide bonds. The van der Waals surface area contributed by atoms with Gasteiger partial charge in [0.25, 0.3) is 0 Å². The van der Waals surface area contributed by atoms with Crippen molar-refractivity contribution in [2.45, 2.75) is 13.0 Å². The van der Waals surface area contributed by atoms with E-state index in [0.717, 1.165) is 12.1 Å². The number of hydrogen-bond donors (Lipinski definition) is 1. The molecule has 0 saturated heterocycles. The Kier molecular flexibility index (Phi) is 4.09. The molecular formula is C14H10Cl2F2O. The van der Waals surface area contributed by atoms with E-state index in [1.807, 2.05) is 0 Å². The standard InChI is InChI=1S/C14H10Cl2F2O/c1-7-5-12(18)8(6-11(7)17)14(19)13-9(15)3-2-4-10(13)16/h2-6,14,19H,1H3. The van der Waals surface area contributed by atoms with Crippen molar-refractivity contribution in [1.29, 1.82) is 0 Å². The number of aliphatic hydroxyl groups is 1. The van der Waals surface area contributed by atoms with E-state index in [1.165, 1.54) is 19.1 Å². The first-order valence-corrected chi connectivity index (χ1v) is 6.25. The van der Waals surface area contributed by atoms with Crippen molar-refractivity contribution in [3.63, 3.8) is 0 Å². The Bertz CT molecular complexity index is 609. The number of rotatable bonds is 2. The normalized spacial score (nSPS) is 12.5. The first kappa shape index (κ1) is 14.3. The van der Waals surface area contributed by atoms with Gasteiger partial charge in [-0.05, 0) is 36.8 Å². The summed E-state index contributed by atoms with van der Waals surface area (Å²) in [4.78, 5) is 0. The summed E-state index contributed by atoms with van der Waals surface area (Å²) in [5.41, 5.74) is 0.129. The van der Waals surface area contributed by atoms with E-state index in [-0.39, 0.29) is 26.7 Å². The molecular weight excluding hydrogens is 293 g/mol. The van der Waals surface area contributed by atoms with Crippen molar-refractivity contribution < 1.29 is 13.9 Å². The third kappa shape index (κ3) is 2.73. The quantitative estimate of drug-likeness (QED) is 0.855. The van der Waals surface area contributed by atoms with E-state index in [9.17, 15) is 13.9 Å². The van der Waals surface area contributed by atoms with E-state index in [2.05, 4.69) is 0 Å². The summed E-state index contributed by atoms with van der Waals surface area (Å²) in [6.07, 6.45) is -1.42. The maximum Gasteiger partial charge on any atom is 0.129 e. The fourth-order valence-electron chi connectivity index (χ4n) is 1.80. The number of aryl methyl sites for hydroxylation is 1. The number of benzene rings is 2. The van der Waals surface area contributed by atoms with Crippen LogP contribution in [0.2, 0.25) is 10.0 Å². The van der Waals surface area contributed by atoms with Gasteiger partial charge in [-0.1, -0.05) is 29.3 Å². The summed E-state index contributed by atoms with van der Waals surface area (Å²) in [7, 11) is 0. The Morgan fingerprint density at radius 1 is 1.05 bits per heavy atom. The second-order valence-corrected chi connectivity index (χ2v) is 4.98. The first-order valence-electron chi connectivity index (χ1n) is 5.49. The second kappa shape index (κ2) is 5.45. The Morgan fingerprint density at radius 2 is 1.63 bits per heavy atom. The van der Waals surface area contributed by atoms with Gasteiger partial charge in [0.15, 0.2) is 0 Å². The molecule has 19 heavy (non-hydrogen) atoms. The zero-order chi connectivity index (χ0) is 14.2. The second-order valence-electron chi connectivity index (χ2n) is 4.16. The van der Waals surface area contributed by atoms with Gasteiger partial charge >= 0.3 is 0 Å². The van der Waals surface area contributed by atoms with Crippen LogP contribution in [0.5, 0.6) is 0 Å². The van der Waals surface area contributed by atoms with Crippen molar-refractivity contribution in [3.05, 3.63) is 68.7 Å². The molecule has 1 nitrogen and oxygen atoms in total. The van der Waals surface area contributed by atoms with E-state index >= 15 is 0 Å². The molecule has 2 aromatic carbocycles. The Labute approximate surface area is 119 Å². The highest BCUT2D eigenvalue weighted by molar-refractivity contribution is 6.36. The van der Waals surface area contributed by atoms with Crippen molar-refractivity contribution in [1.82, 2.24) is 0 Å². The fourth-order valence-corrected chi connectivity index (χ4v) is 2.40. The lowest BCUT2D eigenvalue weighted by Crippen LogP contribution is -2.05. The van der Waals surface area contributed by atoms with Crippen LogP contribution in [0, 0.1) is 18.6 Å². The average Bonchev–Trinajstić information content (AvgIpc) is 2.33. The van der Waals surface area contributed by atoms with Crippen LogP contribution in [-0.2, 0) is 0 Å². The summed E-state index contributed by atoms with van der Waals surface area (Å²) in [5, 5.41) is 10.6. The van der Waals surface area contributed by atoms with Gasteiger partial charge in [-0.2, -0.15) is 0 Å². The minimum Gasteiger partial charge on any atom is -0.383 e. The minimum atomic E-state index is -1.42. The van der Waals surface area contributed by atoms with Gasteiger partial charge in [0.1, 0.15) is 17.7 Å². The van der Waals surface area contributed by atoms with Crippen LogP contribution >= 0.6 is 23.2 Å². The molecule has 100 valence electrons. The topological polar surface area (TPSA) is 20.2 Å². The maximum atomic E-state index is 13.8. The molecule has 2 aromatic rings. The smallest absolute Gasteiger partial charge is 0.129 e. The third-order valence-electron chi connectivity index (χ3n) is 2.85. The summed E-state index contributed by atoms with van der Waals surface area (Å²) in [5.74, 6) is -1.30. The molecule has 0 aromatic heterocycles. The van der Waals surface area contributed by atoms with E-state index < -0.39 is 17.7 Å². The molecule has 0 radical (unpaired) electrons. The van der Waals surface area contributed by atoms with Crippen LogP contribution in [0.4, 0.5) is 8.78 Å². The van der Waals surface area contributed by atoms with Crippen molar-refractivity contribution in [2.24, 2.45) is 0 Å². The number of halogens is 4. The molecule has 1 atom stereocenters. The van der Waals surface area contributed by atoms with Crippen LogP contribution in [0.15, 0.2) is 30.3 Å². The van der Waals surface area contributed by atoms with Crippen LogP contribution in [0.1, 0.15) is 22.8 Å². The van der Waals surface area contributed by atoms with Crippen molar-refractivity contribution in [3.8, 4) is 0 Å².